The Labute approximate surface area is 103 Å². The van der Waals surface area contributed by atoms with E-state index >= 15 is 0 Å². The smallest absolute Gasteiger partial charge is 0.346 e. The minimum absolute atomic E-state index is 0.0263. The molecule has 0 aliphatic carbocycles. The molecule has 1 amide bonds. The molecule has 17 heavy (non-hydrogen) atoms. The van der Waals surface area contributed by atoms with Crippen molar-refractivity contribution in [3.8, 4) is 0 Å². The van der Waals surface area contributed by atoms with E-state index in [9.17, 15) is 9.59 Å². The second-order valence-electron chi connectivity index (χ2n) is 3.38. The van der Waals surface area contributed by atoms with Crippen molar-refractivity contribution in [2.45, 2.75) is 18.4 Å². The molecular formula is C10H15N3O3S. The van der Waals surface area contributed by atoms with Crippen molar-refractivity contribution in [1.82, 2.24) is 15.3 Å². The van der Waals surface area contributed by atoms with Gasteiger partial charge in [-0.3, -0.25) is 4.79 Å². The molecule has 0 saturated carbocycles. The molecule has 0 saturated heterocycles. The van der Waals surface area contributed by atoms with Gasteiger partial charge in [0.15, 0.2) is 0 Å². The zero-order valence-electron chi connectivity index (χ0n) is 9.74. The van der Waals surface area contributed by atoms with Crippen LogP contribution in [0.4, 0.5) is 0 Å². The molecular weight excluding hydrogens is 242 g/mol. The summed E-state index contributed by atoms with van der Waals surface area (Å²) in [7, 11) is 0. The monoisotopic (exact) mass is 257 g/mol. The Balaban J connectivity index is 2.96. The van der Waals surface area contributed by atoms with Crippen LogP contribution in [0.15, 0.2) is 9.82 Å². The Kier molecular flexibility index (Phi) is 5.17. The average Bonchev–Trinajstić information content (AvgIpc) is 2.27. The number of aryl methyl sites for hydroxylation is 1. The highest BCUT2D eigenvalue weighted by atomic mass is 32.2. The number of carbonyl (C=O) groups excluding carboxylic acids is 1. The molecule has 0 atom stereocenters. The van der Waals surface area contributed by atoms with E-state index in [0.29, 0.717) is 29.2 Å². The zero-order valence-corrected chi connectivity index (χ0v) is 10.6. The van der Waals surface area contributed by atoms with Gasteiger partial charge in [-0.2, -0.15) is 4.98 Å². The molecule has 1 aromatic heterocycles. The first-order valence-electron chi connectivity index (χ1n) is 5.14. The number of hydrogen-bond donors (Lipinski definition) is 3. The van der Waals surface area contributed by atoms with Crippen molar-refractivity contribution < 1.29 is 9.90 Å². The van der Waals surface area contributed by atoms with Crippen molar-refractivity contribution in [3.63, 3.8) is 0 Å². The summed E-state index contributed by atoms with van der Waals surface area (Å²) in [6.07, 6.45) is 2.25. The molecule has 0 radical (unpaired) electrons. The third kappa shape index (κ3) is 3.57. The maximum atomic E-state index is 11.9. The molecule has 0 aromatic carbocycles. The average molecular weight is 257 g/mol. The second-order valence-corrected chi connectivity index (χ2v) is 4.18. The number of nitrogens with zero attached hydrogens (tertiary/aromatic N) is 1. The quantitative estimate of drug-likeness (QED) is 0.389. The van der Waals surface area contributed by atoms with E-state index in [2.05, 4.69) is 15.3 Å². The van der Waals surface area contributed by atoms with Crippen LogP contribution in [0.25, 0.3) is 0 Å². The first-order chi connectivity index (χ1) is 8.10. The number of amides is 1. The van der Waals surface area contributed by atoms with Gasteiger partial charge in [-0.25, -0.2) is 4.79 Å². The Bertz CT molecular complexity index is 459. The van der Waals surface area contributed by atoms with Gasteiger partial charge in [-0.1, -0.05) is 0 Å². The van der Waals surface area contributed by atoms with Gasteiger partial charge < -0.3 is 15.4 Å². The summed E-state index contributed by atoms with van der Waals surface area (Å²) in [6.45, 7) is 2.07. The van der Waals surface area contributed by atoms with Crippen molar-refractivity contribution >= 4 is 17.7 Å². The number of hydrogen-bond acceptors (Lipinski definition) is 5. The fourth-order valence-electron chi connectivity index (χ4n) is 1.34. The van der Waals surface area contributed by atoms with E-state index in [4.69, 9.17) is 5.11 Å². The number of carbonyl (C=O) groups is 1. The molecule has 1 rings (SSSR count). The van der Waals surface area contributed by atoms with Crippen LogP contribution in [-0.4, -0.2) is 40.4 Å². The van der Waals surface area contributed by atoms with E-state index in [-0.39, 0.29) is 12.5 Å². The van der Waals surface area contributed by atoms with Gasteiger partial charge in [-0.15, -0.1) is 11.8 Å². The molecule has 1 aromatic rings. The maximum Gasteiger partial charge on any atom is 0.346 e. The first kappa shape index (κ1) is 13.7. The summed E-state index contributed by atoms with van der Waals surface area (Å²) in [4.78, 5) is 29.3. The lowest BCUT2D eigenvalue weighted by atomic mass is 10.2. The zero-order chi connectivity index (χ0) is 12.8. The number of rotatable bonds is 5. The molecule has 0 unspecified atom stereocenters. The van der Waals surface area contributed by atoms with Crippen LogP contribution < -0.4 is 11.0 Å². The fourth-order valence-corrected chi connectivity index (χ4v) is 1.97. The van der Waals surface area contributed by atoms with Gasteiger partial charge in [0.05, 0.1) is 5.56 Å². The molecule has 0 aliphatic heterocycles. The van der Waals surface area contributed by atoms with Crippen LogP contribution in [0.5, 0.6) is 0 Å². The van der Waals surface area contributed by atoms with Gasteiger partial charge in [0.1, 0.15) is 5.03 Å². The van der Waals surface area contributed by atoms with Gasteiger partial charge in [0.25, 0.3) is 5.91 Å². The minimum atomic E-state index is -0.459. The summed E-state index contributed by atoms with van der Waals surface area (Å²) < 4.78 is 0. The molecule has 6 nitrogen and oxygen atoms in total. The standard InChI is InChI=1S/C10H15N3O3S/c1-6-7(8(15)11-4-3-5-14)9(17-2)13-10(16)12-6/h14H,3-5H2,1-2H3,(H,11,15)(H,12,13,16). The minimum Gasteiger partial charge on any atom is -0.396 e. The summed E-state index contributed by atoms with van der Waals surface area (Å²) in [6, 6.07) is 0. The lowest BCUT2D eigenvalue weighted by Crippen LogP contribution is -2.29. The van der Waals surface area contributed by atoms with Crippen molar-refractivity contribution in [2.24, 2.45) is 0 Å². The molecule has 1 heterocycles. The highest BCUT2D eigenvalue weighted by Crippen LogP contribution is 2.17. The Morgan fingerprint density at radius 2 is 2.29 bits per heavy atom. The number of aliphatic hydroxyl groups excluding tert-OH is 1. The van der Waals surface area contributed by atoms with Crippen LogP contribution in [0.2, 0.25) is 0 Å². The van der Waals surface area contributed by atoms with E-state index in [1.54, 1.807) is 13.2 Å². The van der Waals surface area contributed by atoms with Gasteiger partial charge in [0.2, 0.25) is 0 Å². The summed E-state index contributed by atoms with van der Waals surface area (Å²) in [5, 5.41) is 11.7. The normalized spacial score (nSPS) is 10.3. The van der Waals surface area contributed by atoms with Crippen LogP contribution in [-0.2, 0) is 0 Å². The van der Waals surface area contributed by atoms with Crippen LogP contribution in [0, 0.1) is 6.92 Å². The summed E-state index contributed by atoms with van der Waals surface area (Å²) in [5.41, 5.74) is 0.421. The lowest BCUT2D eigenvalue weighted by molar-refractivity contribution is 0.0946. The van der Waals surface area contributed by atoms with Crippen molar-refractivity contribution in [3.05, 3.63) is 21.7 Å². The number of thioether (sulfide) groups is 1. The molecule has 0 bridgehead atoms. The van der Waals surface area contributed by atoms with Crippen molar-refractivity contribution in [2.75, 3.05) is 19.4 Å². The predicted molar refractivity (Wildman–Crippen MR) is 65.4 cm³/mol. The SMILES string of the molecule is CSc1nc(=O)[nH]c(C)c1C(=O)NCCCO. The number of nitrogens with one attached hydrogen (secondary N) is 2. The molecule has 0 aliphatic rings. The Hall–Kier alpha value is -1.34. The molecule has 94 valence electrons. The van der Waals surface area contributed by atoms with E-state index in [0.717, 1.165) is 0 Å². The molecule has 0 fully saturated rings. The van der Waals surface area contributed by atoms with Gasteiger partial charge >= 0.3 is 5.69 Å². The van der Waals surface area contributed by atoms with Crippen LogP contribution in [0.1, 0.15) is 22.5 Å². The highest BCUT2D eigenvalue weighted by molar-refractivity contribution is 7.98. The topological polar surface area (TPSA) is 95.1 Å². The largest absolute Gasteiger partial charge is 0.396 e. The van der Waals surface area contributed by atoms with Crippen LogP contribution >= 0.6 is 11.8 Å². The third-order valence-corrected chi connectivity index (χ3v) is 2.81. The van der Waals surface area contributed by atoms with Gasteiger partial charge in [-0.05, 0) is 19.6 Å². The number of aromatic amines is 1. The van der Waals surface area contributed by atoms with Crippen molar-refractivity contribution in [1.29, 1.82) is 0 Å². The third-order valence-electron chi connectivity index (χ3n) is 2.13. The Morgan fingerprint density at radius 3 is 2.88 bits per heavy atom. The van der Waals surface area contributed by atoms with E-state index in [1.807, 2.05) is 0 Å². The Morgan fingerprint density at radius 1 is 1.59 bits per heavy atom. The molecule has 7 heteroatoms. The summed E-state index contributed by atoms with van der Waals surface area (Å²) >= 11 is 1.25. The molecule has 3 N–H and O–H groups in total. The number of aliphatic hydroxyl groups is 1. The fraction of sp³-hybridized carbons (Fsp3) is 0.500. The van der Waals surface area contributed by atoms with Crippen LogP contribution in [0.3, 0.4) is 0 Å². The van der Waals surface area contributed by atoms with Gasteiger partial charge in [0, 0.05) is 18.8 Å². The van der Waals surface area contributed by atoms with E-state index < -0.39 is 5.69 Å². The number of H-pyrrole nitrogens is 1. The van der Waals surface area contributed by atoms with E-state index in [1.165, 1.54) is 11.8 Å². The second kappa shape index (κ2) is 6.41. The predicted octanol–water partition coefficient (Wildman–Crippen LogP) is -0.0876. The number of aromatic nitrogens is 2. The maximum absolute atomic E-state index is 11.9. The molecule has 0 spiro atoms. The lowest BCUT2D eigenvalue weighted by Gasteiger charge is -2.09. The summed E-state index contributed by atoms with van der Waals surface area (Å²) in [5.74, 6) is -0.288. The first-order valence-corrected chi connectivity index (χ1v) is 6.36. The highest BCUT2D eigenvalue weighted by Gasteiger charge is 2.16.